The summed E-state index contributed by atoms with van der Waals surface area (Å²) in [5, 5.41) is 0. The third kappa shape index (κ3) is 11.3. The Labute approximate surface area is 157 Å². The lowest BCUT2D eigenvalue weighted by molar-refractivity contribution is 0.100. The molecular weight excluding hydrogens is 334 g/mol. The van der Waals surface area contributed by atoms with Crippen molar-refractivity contribution in [1.29, 1.82) is 0 Å². The van der Waals surface area contributed by atoms with Crippen LogP contribution in [-0.4, -0.2) is 104 Å². The Balaban J connectivity index is 4.53. The molecule has 152 valence electrons. The SMILES string of the molecule is CCCN(C)CCCN(CCCN(C)CCC)C[Si](OC)(OC)OC. The summed E-state index contributed by atoms with van der Waals surface area (Å²) < 4.78 is 16.9. The van der Waals surface area contributed by atoms with Gasteiger partial charge in [0.1, 0.15) is 0 Å². The predicted octanol–water partition coefficient (Wildman–Crippen LogP) is 2.17. The third-order valence-electron chi connectivity index (χ3n) is 4.59. The fourth-order valence-electron chi connectivity index (χ4n) is 3.10. The van der Waals surface area contributed by atoms with Crippen LogP contribution in [0.5, 0.6) is 0 Å². The molecule has 0 aliphatic carbocycles. The van der Waals surface area contributed by atoms with Crippen LogP contribution >= 0.6 is 0 Å². The lowest BCUT2D eigenvalue weighted by Crippen LogP contribution is -2.54. The average molecular weight is 378 g/mol. The predicted molar refractivity (Wildman–Crippen MR) is 108 cm³/mol. The van der Waals surface area contributed by atoms with E-state index in [0.717, 1.165) is 58.3 Å². The van der Waals surface area contributed by atoms with Crippen molar-refractivity contribution in [3.63, 3.8) is 0 Å². The summed E-state index contributed by atoms with van der Waals surface area (Å²) in [7, 11) is 6.92. The van der Waals surface area contributed by atoms with Crippen molar-refractivity contribution >= 4 is 8.80 Å². The minimum absolute atomic E-state index is 0.755. The highest BCUT2D eigenvalue weighted by atomic mass is 28.4. The van der Waals surface area contributed by atoms with E-state index in [1.165, 1.54) is 12.8 Å². The van der Waals surface area contributed by atoms with Gasteiger partial charge in [-0.3, -0.25) is 4.90 Å². The van der Waals surface area contributed by atoms with Gasteiger partial charge >= 0.3 is 8.80 Å². The van der Waals surface area contributed by atoms with Crippen LogP contribution in [0.4, 0.5) is 0 Å². The fraction of sp³-hybridized carbons (Fsp3) is 1.00. The zero-order valence-electron chi connectivity index (χ0n) is 17.8. The number of nitrogens with zero attached hydrogens (tertiary/aromatic N) is 3. The van der Waals surface area contributed by atoms with Crippen molar-refractivity contribution in [3.05, 3.63) is 0 Å². The Kier molecular flexibility index (Phi) is 15.1. The first-order valence-electron chi connectivity index (χ1n) is 9.71. The van der Waals surface area contributed by atoms with Crippen LogP contribution in [0.15, 0.2) is 0 Å². The lowest BCUT2D eigenvalue weighted by Gasteiger charge is -2.32. The number of hydrogen-bond acceptors (Lipinski definition) is 6. The molecule has 0 aromatic carbocycles. The molecule has 0 atom stereocenters. The Morgan fingerprint density at radius 3 is 1.36 bits per heavy atom. The second kappa shape index (κ2) is 15.1. The van der Waals surface area contributed by atoms with Gasteiger partial charge in [0.25, 0.3) is 0 Å². The van der Waals surface area contributed by atoms with E-state index in [1.54, 1.807) is 21.3 Å². The van der Waals surface area contributed by atoms with E-state index >= 15 is 0 Å². The lowest BCUT2D eigenvalue weighted by atomic mass is 10.3. The van der Waals surface area contributed by atoms with E-state index in [2.05, 4.69) is 42.6 Å². The van der Waals surface area contributed by atoms with Gasteiger partial charge < -0.3 is 23.1 Å². The topological polar surface area (TPSA) is 37.4 Å². The van der Waals surface area contributed by atoms with Gasteiger partial charge in [-0.1, -0.05) is 13.8 Å². The molecule has 0 aromatic heterocycles. The third-order valence-corrected chi connectivity index (χ3v) is 7.29. The molecule has 0 rings (SSSR count). The Hall–Kier alpha value is -0.0231. The largest absolute Gasteiger partial charge is 0.514 e. The molecule has 0 spiro atoms. The molecule has 0 aliphatic heterocycles. The summed E-state index contributed by atoms with van der Waals surface area (Å²) in [6, 6.07) is 0. The highest BCUT2D eigenvalue weighted by Crippen LogP contribution is 2.10. The van der Waals surface area contributed by atoms with Crippen molar-refractivity contribution in [2.75, 3.05) is 80.9 Å². The van der Waals surface area contributed by atoms with E-state index in [9.17, 15) is 0 Å². The summed E-state index contributed by atoms with van der Waals surface area (Å²) >= 11 is 0. The zero-order chi connectivity index (χ0) is 19.1. The summed E-state index contributed by atoms with van der Waals surface area (Å²) in [5.74, 6) is 0. The fourth-order valence-corrected chi connectivity index (χ4v) is 4.85. The summed E-state index contributed by atoms with van der Waals surface area (Å²) in [4.78, 5) is 7.27. The van der Waals surface area contributed by atoms with Crippen LogP contribution in [0.3, 0.4) is 0 Å². The molecular formula is C18H43N3O3Si. The molecule has 0 N–H and O–H groups in total. The van der Waals surface area contributed by atoms with E-state index in [4.69, 9.17) is 13.3 Å². The summed E-state index contributed by atoms with van der Waals surface area (Å²) in [6.45, 7) is 11.1. The maximum Gasteiger partial charge on any atom is 0.514 e. The van der Waals surface area contributed by atoms with Gasteiger partial charge in [0.15, 0.2) is 0 Å². The van der Waals surface area contributed by atoms with Crippen molar-refractivity contribution in [2.24, 2.45) is 0 Å². The molecule has 0 bridgehead atoms. The van der Waals surface area contributed by atoms with Crippen molar-refractivity contribution in [1.82, 2.24) is 14.7 Å². The van der Waals surface area contributed by atoms with Gasteiger partial charge in [-0.05, 0) is 79.0 Å². The molecule has 0 amide bonds. The normalized spacial score (nSPS) is 12.7. The maximum atomic E-state index is 5.63. The highest BCUT2D eigenvalue weighted by molar-refractivity contribution is 6.60. The molecule has 25 heavy (non-hydrogen) atoms. The first kappa shape index (κ1) is 25.0. The Morgan fingerprint density at radius 2 is 1.04 bits per heavy atom. The van der Waals surface area contributed by atoms with E-state index < -0.39 is 8.80 Å². The number of hydrogen-bond donors (Lipinski definition) is 0. The van der Waals surface area contributed by atoms with E-state index in [-0.39, 0.29) is 0 Å². The van der Waals surface area contributed by atoms with Crippen molar-refractivity contribution in [3.8, 4) is 0 Å². The van der Waals surface area contributed by atoms with Crippen molar-refractivity contribution < 1.29 is 13.3 Å². The second-order valence-electron chi connectivity index (χ2n) is 6.89. The van der Waals surface area contributed by atoms with Crippen LogP contribution in [0.1, 0.15) is 39.5 Å². The van der Waals surface area contributed by atoms with E-state index in [0.29, 0.717) is 0 Å². The van der Waals surface area contributed by atoms with Gasteiger partial charge in [0.2, 0.25) is 0 Å². The minimum Gasteiger partial charge on any atom is -0.376 e. The van der Waals surface area contributed by atoms with Crippen LogP contribution in [0, 0.1) is 0 Å². The molecule has 0 fully saturated rings. The first-order chi connectivity index (χ1) is 12.0. The molecule has 0 aliphatic rings. The molecule has 0 saturated heterocycles. The van der Waals surface area contributed by atoms with Crippen LogP contribution in [0.2, 0.25) is 0 Å². The molecule has 0 saturated carbocycles. The van der Waals surface area contributed by atoms with Gasteiger partial charge in [0, 0.05) is 21.3 Å². The Morgan fingerprint density at radius 1 is 0.640 bits per heavy atom. The summed E-state index contributed by atoms with van der Waals surface area (Å²) in [5.41, 5.74) is 0. The molecule has 0 radical (unpaired) electrons. The van der Waals surface area contributed by atoms with E-state index in [1.807, 2.05) is 0 Å². The standard InChI is InChI=1S/C18H43N3O3Si/c1-8-12-19(3)14-10-16-21(17-11-15-20(4)13-9-2)18-25(22-5,23-6)24-7/h8-18H2,1-7H3. The van der Waals surface area contributed by atoms with Crippen LogP contribution in [-0.2, 0) is 13.3 Å². The highest BCUT2D eigenvalue weighted by Gasteiger charge is 2.39. The first-order valence-corrected chi connectivity index (χ1v) is 11.6. The van der Waals surface area contributed by atoms with Crippen LogP contribution < -0.4 is 0 Å². The monoisotopic (exact) mass is 377 g/mol. The Bertz CT molecular complexity index is 281. The molecule has 0 unspecified atom stereocenters. The quantitative estimate of drug-likeness (QED) is 0.362. The zero-order valence-corrected chi connectivity index (χ0v) is 18.8. The van der Waals surface area contributed by atoms with Crippen LogP contribution in [0.25, 0.3) is 0 Å². The van der Waals surface area contributed by atoms with Gasteiger partial charge in [0.05, 0.1) is 6.17 Å². The smallest absolute Gasteiger partial charge is 0.376 e. The van der Waals surface area contributed by atoms with Gasteiger partial charge in [-0.25, -0.2) is 0 Å². The van der Waals surface area contributed by atoms with Gasteiger partial charge in [-0.2, -0.15) is 0 Å². The number of rotatable bonds is 17. The second-order valence-corrected chi connectivity index (χ2v) is 9.79. The molecule has 0 aromatic rings. The maximum absolute atomic E-state index is 5.63. The van der Waals surface area contributed by atoms with Gasteiger partial charge in [-0.15, -0.1) is 0 Å². The molecule has 6 nitrogen and oxygen atoms in total. The van der Waals surface area contributed by atoms with Crippen molar-refractivity contribution in [2.45, 2.75) is 39.5 Å². The molecule has 0 heterocycles. The molecule has 7 heteroatoms. The summed E-state index contributed by atoms with van der Waals surface area (Å²) in [6.07, 6.45) is 5.48. The average Bonchev–Trinajstić information content (AvgIpc) is 2.60. The minimum atomic E-state index is -2.57.